The molecular weight excluding hydrogens is 640 g/mol. The van der Waals surface area contributed by atoms with Crippen molar-refractivity contribution in [2.45, 2.75) is 61.8 Å². The molecule has 0 aliphatic rings. The van der Waals surface area contributed by atoms with Gasteiger partial charge >= 0.3 is 5.63 Å². The van der Waals surface area contributed by atoms with Crippen LogP contribution < -0.4 is 5.63 Å². The molecule has 1 atom stereocenters. The molecule has 6 nitrogen and oxygen atoms in total. The van der Waals surface area contributed by atoms with Gasteiger partial charge in [0.2, 0.25) is 5.24 Å². The summed E-state index contributed by atoms with van der Waals surface area (Å²) in [6.07, 6.45) is 0.567. The zero-order chi connectivity index (χ0) is 28.6. The first-order chi connectivity index (χ1) is 17.1. The molecule has 38 heavy (non-hydrogen) atoms. The normalized spacial score (nSPS) is 10.6. The van der Waals surface area contributed by atoms with Crippen LogP contribution in [-0.2, 0) is 14.4 Å². The van der Waals surface area contributed by atoms with Crippen LogP contribution in [0.3, 0.4) is 0 Å². The molecule has 0 amide bonds. The van der Waals surface area contributed by atoms with Crippen molar-refractivity contribution >= 4 is 60.8 Å². The van der Waals surface area contributed by atoms with Crippen LogP contribution >= 0.6 is 43.5 Å². The summed E-state index contributed by atoms with van der Waals surface area (Å²) in [4.78, 5) is 43.2. The van der Waals surface area contributed by atoms with Crippen LogP contribution in [0.4, 0.5) is 0 Å². The van der Waals surface area contributed by atoms with E-state index in [9.17, 15) is 24.3 Å². The van der Waals surface area contributed by atoms with Crippen LogP contribution in [-0.4, -0.2) is 22.4 Å². The maximum atomic E-state index is 11.9. The third-order valence-corrected chi connectivity index (χ3v) is 6.42. The van der Waals surface area contributed by atoms with E-state index >= 15 is 0 Å². The molecule has 3 aromatic rings. The molecule has 0 saturated carbocycles. The number of rotatable bonds is 4. The second-order valence-electron chi connectivity index (χ2n) is 8.65. The van der Waals surface area contributed by atoms with Crippen LogP contribution in [0, 0.1) is 34.6 Å². The van der Waals surface area contributed by atoms with Crippen molar-refractivity contribution < 1.29 is 23.9 Å². The lowest BCUT2D eigenvalue weighted by Crippen LogP contribution is -2.10. The maximum absolute atomic E-state index is 11.9. The Kier molecular flexibility index (Phi) is 14.7. The Morgan fingerprint density at radius 1 is 0.895 bits per heavy atom. The molecule has 0 saturated heterocycles. The maximum Gasteiger partial charge on any atom is 0.347 e. The van der Waals surface area contributed by atoms with E-state index in [-0.39, 0.29) is 24.5 Å². The lowest BCUT2D eigenvalue weighted by Gasteiger charge is -2.12. The Bertz CT molecular complexity index is 1330. The molecule has 3 rings (SSSR count). The Morgan fingerprint density at radius 2 is 1.37 bits per heavy atom. The van der Waals surface area contributed by atoms with Gasteiger partial charge in [-0.2, -0.15) is 0 Å². The predicted molar refractivity (Wildman–Crippen MR) is 160 cm³/mol. The van der Waals surface area contributed by atoms with Crippen molar-refractivity contribution in [2.75, 3.05) is 0 Å². The van der Waals surface area contributed by atoms with E-state index in [1.807, 2.05) is 52.0 Å². The highest BCUT2D eigenvalue weighted by molar-refractivity contribution is 9.10. The number of carbonyl (C=O) groups is 3. The largest absolute Gasteiger partial charge is 0.507 e. The molecule has 1 N–H and O–H groups in total. The fourth-order valence-electron chi connectivity index (χ4n) is 3.61. The van der Waals surface area contributed by atoms with Gasteiger partial charge < -0.3 is 19.1 Å². The molecular formula is C29H33Br2ClO6. The third-order valence-electron chi connectivity index (χ3n) is 4.91. The van der Waals surface area contributed by atoms with Crippen LogP contribution in [0.1, 0.15) is 60.8 Å². The molecule has 9 heteroatoms. The number of hydrogen-bond donors (Lipinski definition) is 1. The molecule has 0 spiro atoms. The van der Waals surface area contributed by atoms with Crippen LogP contribution in [0.25, 0.3) is 11.1 Å². The molecule has 1 unspecified atom stereocenters. The quantitative estimate of drug-likeness (QED) is 0.171. The molecule has 0 aliphatic carbocycles. The van der Waals surface area contributed by atoms with Gasteiger partial charge in [-0.15, -0.1) is 0 Å². The second-order valence-corrected chi connectivity index (χ2v) is 10.7. The topological polar surface area (TPSA) is 102 Å². The molecule has 1 heterocycles. The highest BCUT2D eigenvalue weighted by Crippen LogP contribution is 2.35. The summed E-state index contributed by atoms with van der Waals surface area (Å²) < 4.78 is 6.56. The van der Waals surface area contributed by atoms with E-state index in [1.54, 1.807) is 6.92 Å². The van der Waals surface area contributed by atoms with Crippen LogP contribution in [0.2, 0.25) is 0 Å². The first kappa shape index (κ1) is 35.5. The number of Topliss-reactive ketones (excluding diaryl/α,β-unsaturated/α-hetero) is 1. The third kappa shape index (κ3) is 9.97. The average molecular weight is 673 g/mol. The minimum Gasteiger partial charge on any atom is -0.507 e. The number of aldehydes is 1. The molecule has 0 bridgehead atoms. The van der Waals surface area contributed by atoms with Crippen molar-refractivity contribution in [3.63, 3.8) is 0 Å². The van der Waals surface area contributed by atoms with E-state index in [2.05, 4.69) is 31.9 Å². The Hall–Kier alpha value is -2.55. The van der Waals surface area contributed by atoms with Gasteiger partial charge in [-0.3, -0.25) is 4.79 Å². The zero-order valence-corrected chi connectivity index (χ0v) is 25.6. The number of aromatic hydroxyl groups is 1. The van der Waals surface area contributed by atoms with Crippen molar-refractivity contribution in [1.29, 1.82) is 0 Å². The molecule has 206 valence electrons. The van der Waals surface area contributed by atoms with Crippen LogP contribution in [0.15, 0.2) is 48.5 Å². The van der Waals surface area contributed by atoms with Gasteiger partial charge in [0.15, 0.2) is 0 Å². The first-order valence-electron chi connectivity index (χ1n) is 11.1. The van der Waals surface area contributed by atoms with Gasteiger partial charge in [-0.05, 0) is 100 Å². The molecule has 0 aliphatic heterocycles. The second kappa shape index (κ2) is 15.8. The van der Waals surface area contributed by atoms with E-state index in [0.717, 1.165) is 31.2 Å². The summed E-state index contributed by atoms with van der Waals surface area (Å²) in [6, 6.07) is 9.08. The number of benzene rings is 2. The summed E-state index contributed by atoms with van der Waals surface area (Å²) in [5.41, 5.74) is 4.93. The Labute approximate surface area is 245 Å². The SMILES string of the molecule is C.CC(C)=O.Cc1cc(C)c(-c2c(O)cc(C)oc2=O)c(Br)c1.Cc1cc(C)c(C(C=O)C(=O)Cl)c(Br)c1. The fourth-order valence-corrected chi connectivity index (χ4v) is 5.57. The average Bonchev–Trinajstić information content (AvgIpc) is 2.71. The first-order valence-corrected chi connectivity index (χ1v) is 13.1. The van der Waals surface area contributed by atoms with Crippen molar-refractivity contribution in [1.82, 2.24) is 0 Å². The lowest BCUT2D eigenvalue weighted by atomic mass is 9.95. The summed E-state index contributed by atoms with van der Waals surface area (Å²) >= 11 is 12.1. The van der Waals surface area contributed by atoms with E-state index in [4.69, 9.17) is 16.0 Å². The van der Waals surface area contributed by atoms with Gasteiger partial charge in [0.05, 0.1) is 0 Å². The number of halogens is 3. The van der Waals surface area contributed by atoms with Crippen molar-refractivity contribution in [2.24, 2.45) is 0 Å². The number of carbonyl (C=O) groups excluding carboxylic acids is 3. The Morgan fingerprint density at radius 3 is 1.76 bits per heavy atom. The van der Waals surface area contributed by atoms with Gasteiger partial charge in [0.25, 0.3) is 0 Å². The van der Waals surface area contributed by atoms with Gasteiger partial charge in [0.1, 0.15) is 35.1 Å². The number of ketones is 1. The summed E-state index contributed by atoms with van der Waals surface area (Å²) in [6.45, 7) is 12.3. The number of hydrogen-bond acceptors (Lipinski definition) is 6. The summed E-state index contributed by atoms with van der Waals surface area (Å²) in [5, 5.41) is 9.31. The Balaban J connectivity index is 0.000000625. The lowest BCUT2D eigenvalue weighted by molar-refractivity contribution is -0.119. The molecule has 1 aromatic heterocycles. The van der Waals surface area contributed by atoms with Gasteiger partial charge in [0, 0.05) is 20.6 Å². The van der Waals surface area contributed by atoms with Crippen molar-refractivity contribution in [3.8, 4) is 16.9 Å². The fraction of sp³-hybridized carbons (Fsp3) is 0.310. The highest BCUT2D eigenvalue weighted by atomic mass is 79.9. The highest BCUT2D eigenvalue weighted by Gasteiger charge is 2.22. The van der Waals surface area contributed by atoms with E-state index in [0.29, 0.717) is 23.2 Å². The minimum atomic E-state index is -0.887. The molecule has 2 aromatic carbocycles. The summed E-state index contributed by atoms with van der Waals surface area (Å²) in [7, 11) is 0. The summed E-state index contributed by atoms with van der Waals surface area (Å²) in [5.74, 6) is -0.389. The van der Waals surface area contributed by atoms with E-state index in [1.165, 1.54) is 19.9 Å². The van der Waals surface area contributed by atoms with E-state index < -0.39 is 16.8 Å². The van der Waals surface area contributed by atoms with Crippen molar-refractivity contribution in [3.05, 3.63) is 83.3 Å². The van der Waals surface area contributed by atoms with Gasteiger partial charge in [-0.25, -0.2) is 4.79 Å². The monoisotopic (exact) mass is 670 g/mol. The minimum absolute atomic E-state index is 0. The molecule has 0 fully saturated rings. The number of aryl methyl sites for hydroxylation is 5. The standard InChI is InChI=1S/C14H13BrO3.C11H10BrClO2.C3H6O.CH4/c1-7-4-8(2)12(10(15)5-7)13-11(16)6-9(3)18-14(13)17;1-6-3-7(2)10(9(12)4-6)8(5-14)11(13)15;1-3(2)4;/h4-6,16H,1-3H3;3-5,8H,1-2H3;1-2H3;1H4. The predicted octanol–water partition coefficient (Wildman–Crippen LogP) is 8.05. The van der Waals surface area contributed by atoms with Crippen LogP contribution in [0.5, 0.6) is 5.75 Å². The zero-order valence-electron chi connectivity index (χ0n) is 21.7. The van der Waals surface area contributed by atoms with Gasteiger partial charge in [-0.1, -0.05) is 51.4 Å². The molecule has 0 radical (unpaired) electrons. The smallest absolute Gasteiger partial charge is 0.347 e.